The van der Waals surface area contributed by atoms with Gasteiger partial charge in [-0.05, 0) is 31.3 Å². The van der Waals surface area contributed by atoms with Gasteiger partial charge in [-0.2, -0.15) is 5.10 Å². The van der Waals surface area contributed by atoms with E-state index in [1.54, 1.807) is 43.0 Å². The van der Waals surface area contributed by atoms with Gasteiger partial charge in [-0.15, -0.1) is 0 Å². The third kappa shape index (κ3) is 2.65. The molecular weight excluding hydrogens is 330 g/mol. The van der Waals surface area contributed by atoms with Crippen LogP contribution in [-0.2, 0) is 11.8 Å². The van der Waals surface area contributed by atoms with E-state index in [4.69, 9.17) is 12.2 Å². The Kier molecular flexibility index (Phi) is 3.86. The van der Waals surface area contributed by atoms with Crippen LogP contribution in [0.15, 0.2) is 36.2 Å². The molecule has 0 saturated carbocycles. The van der Waals surface area contributed by atoms with Crippen molar-refractivity contribution >= 4 is 40.7 Å². The highest BCUT2D eigenvalue weighted by Gasteiger charge is 2.34. The van der Waals surface area contributed by atoms with Crippen molar-refractivity contribution in [3.8, 4) is 0 Å². The predicted molar refractivity (Wildman–Crippen MR) is 92.2 cm³/mol. The molecule has 122 valence electrons. The fourth-order valence-electron chi connectivity index (χ4n) is 2.49. The zero-order valence-corrected chi connectivity index (χ0v) is 13.7. The smallest absolute Gasteiger partial charge is 0.281 e. The van der Waals surface area contributed by atoms with Crippen LogP contribution in [0.25, 0.3) is 6.08 Å². The van der Waals surface area contributed by atoms with Crippen LogP contribution in [0, 0.1) is 17.0 Å². The monoisotopic (exact) mass is 343 g/mol. The van der Waals surface area contributed by atoms with E-state index in [1.807, 2.05) is 0 Å². The molecule has 0 bridgehead atoms. The van der Waals surface area contributed by atoms with Gasteiger partial charge in [-0.3, -0.25) is 19.6 Å². The summed E-state index contributed by atoms with van der Waals surface area (Å²) in [6.45, 7) is 1.77. The molecule has 1 saturated heterocycles. The lowest BCUT2D eigenvalue weighted by Crippen LogP contribution is -2.30. The number of aromatic nitrogens is 2. The number of nitrogens with zero attached hydrogens (tertiary/aromatic N) is 4. The number of nitrogens with one attached hydrogen (secondary N) is 1. The molecule has 0 aliphatic carbocycles. The molecule has 1 fully saturated rings. The standard InChI is InChI=1S/C15H13N5O3S/c1-9-13(8-18(2)17-9)19-14(21)11(16-15(19)24)7-10-5-3-4-6-12(10)20(22)23/h3-8H,1-2H3,(H,16,24)/b11-7+. The molecule has 0 atom stereocenters. The summed E-state index contributed by atoms with van der Waals surface area (Å²) < 4.78 is 1.59. The molecule has 1 aliphatic rings. The van der Waals surface area contributed by atoms with E-state index in [1.165, 1.54) is 17.0 Å². The second-order valence-corrected chi connectivity index (χ2v) is 5.60. The van der Waals surface area contributed by atoms with E-state index in [0.29, 0.717) is 16.9 Å². The Labute approximate surface area is 142 Å². The highest BCUT2D eigenvalue weighted by Crippen LogP contribution is 2.26. The van der Waals surface area contributed by atoms with Gasteiger partial charge in [0.1, 0.15) is 5.70 Å². The molecule has 1 N–H and O–H groups in total. The summed E-state index contributed by atoms with van der Waals surface area (Å²) in [6, 6.07) is 6.19. The molecule has 1 amide bonds. The van der Waals surface area contributed by atoms with Crippen molar-refractivity contribution in [3.05, 3.63) is 57.5 Å². The van der Waals surface area contributed by atoms with Crippen molar-refractivity contribution in [1.29, 1.82) is 0 Å². The Morgan fingerprint density at radius 3 is 2.71 bits per heavy atom. The molecule has 2 aromatic rings. The van der Waals surface area contributed by atoms with Crippen molar-refractivity contribution in [3.63, 3.8) is 0 Å². The van der Waals surface area contributed by atoms with Crippen LogP contribution >= 0.6 is 12.2 Å². The van der Waals surface area contributed by atoms with Gasteiger partial charge in [-0.25, -0.2) is 4.90 Å². The first-order valence-corrected chi connectivity index (χ1v) is 7.40. The number of nitro benzene ring substituents is 1. The molecule has 9 heteroatoms. The Bertz CT molecular complexity index is 902. The highest BCUT2D eigenvalue weighted by atomic mass is 32.1. The number of nitro groups is 1. The average Bonchev–Trinajstić information content (AvgIpc) is 2.98. The van der Waals surface area contributed by atoms with Crippen LogP contribution in [0.1, 0.15) is 11.3 Å². The second-order valence-electron chi connectivity index (χ2n) is 5.22. The summed E-state index contributed by atoms with van der Waals surface area (Å²) in [5, 5.41) is 18.3. The van der Waals surface area contributed by atoms with E-state index >= 15 is 0 Å². The quantitative estimate of drug-likeness (QED) is 0.396. The molecule has 1 aliphatic heterocycles. The Morgan fingerprint density at radius 2 is 2.08 bits per heavy atom. The Hall–Kier alpha value is -3.07. The van der Waals surface area contributed by atoms with E-state index in [-0.39, 0.29) is 22.4 Å². The minimum Gasteiger partial charge on any atom is -0.327 e. The van der Waals surface area contributed by atoms with Crippen LogP contribution < -0.4 is 10.2 Å². The third-order valence-electron chi connectivity index (χ3n) is 3.54. The van der Waals surface area contributed by atoms with Crippen molar-refractivity contribution < 1.29 is 9.72 Å². The number of carbonyl (C=O) groups excluding carboxylic acids is 1. The zero-order valence-electron chi connectivity index (χ0n) is 12.9. The average molecular weight is 343 g/mol. The van der Waals surface area contributed by atoms with Crippen LogP contribution in [0.4, 0.5) is 11.4 Å². The normalized spacial score (nSPS) is 15.9. The summed E-state index contributed by atoms with van der Waals surface area (Å²) in [7, 11) is 1.75. The van der Waals surface area contributed by atoms with Gasteiger partial charge in [-0.1, -0.05) is 12.1 Å². The lowest BCUT2D eigenvalue weighted by molar-refractivity contribution is -0.385. The first-order chi connectivity index (χ1) is 11.4. The number of aryl methyl sites for hydroxylation is 2. The van der Waals surface area contributed by atoms with Gasteiger partial charge in [0, 0.05) is 19.3 Å². The topological polar surface area (TPSA) is 93.3 Å². The van der Waals surface area contributed by atoms with Gasteiger partial charge >= 0.3 is 0 Å². The number of carbonyl (C=O) groups is 1. The van der Waals surface area contributed by atoms with Crippen molar-refractivity contribution in [2.45, 2.75) is 6.92 Å². The number of para-hydroxylation sites is 1. The van der Waals surface area contributed by atoms with Gasteiger partial charge in [0.15, 0.2) is 5.11 Å². The number of rotatable bonds is 3. The number of hydrogen-bond acceptors (Lipinski definition) is 5. The predicted octanol–water partition coefficient (Wildman–Crippen LogP) is 1.90. The molecule has 3 rings (SSSR count). The molecule has 0 spiro atoms. The van der Waals surface area contributed by atoms with E-state index in [0.717, 1.165) is 0 Å². The van der Waals surface area contributed by atoms with Crippen molar-refractivity contribution in [1.82, 2.24) is 15.1 Å². The van der Waals surface area contributed by atoms with Crippen LogP contribution in [0.5, 0.6) is 0 Å². The minimum atomic E-state index is -0.493. The summed E-state index contributed by atoms with van der Waals surface area (Å²) >= 11 is 5.23. The van der Waals surface area contributed by atoms with E-state index in [2.05, 4.69) is 10.4 Å². The number of hydrogen-bond donors (Lipinski definition) is 1. The van der Waals surface area contributed by atoms with Gasteiger partial charge < -0.3 is 5.32 Å². The van der Waals surface area contributed by atoms with E-state index in [9.17, 15) is 14.9 Å². The molecule has 8 nitrogen and oxygen atoms in total. The van der Waals surface area contributed by atoms with Crippen LogP contribution in [-0.4, -0.2) is 25.7 Å². The maximum absolute atomic E-state index is 12.7. The minimum absolute atomic E-state index is 0.0819. The fourth-order valence-corrected chi connectivity index (χ4v) is 2.78. The number of thiocarbonyl (C=S) groups is 1. The molecule has 0 radical (unpaired) electrons. The highest BCUT2D eigenvalue weighted by molar-refractivity contribution is 7.80. The van der Waals surface area contributed by atoms with Gasteiger partial charge in [0.25, 0.3) is 11.6 Å². The van der Waals surface area contributed by atoms with Gasteiger partial charge in [0.05, 0.1) is 21.9 Å². The molecular formula is C15H13N5O3S. The van der Waals surface area contributed by atoms with Crippen LogP contribution in [0.3, 0.4) is 0 Å². The zero-order chi connectivity index (χ0) is 17.4. The SMILES string of the molecule is Cc1nn(C)cc1N1C(=O)/C(=C\c2ccccc2[N+](=O)[O-])NC1=S. The lowest BCUT2D eigenvalue weighted by atomic mass is 10.1. The lowest BCUT2D eigenvalue weighted by Gasteiger charge is -2.11. The maximum Gasteiger partial charge on any atom is 0.281 e. The third-order valence-corrected chi connectivity index (χ3v) is 3.82. The maximum atomic E-state index is 12.7. The number of amides is 1. The summed E-state index contributed by atoms with van der Waals surface area (Å²) in [5.41, 5.74) is 1.65. The molecule has 1 aromatic carbocycles. The number of anilines is 1. The summed E-state index contributed by atoms with van der Waals surface area (Å²) in [6.07, 6.45) is 3.12. The largest absolute Gasteiger partial charge is 0.327 e. The first-order valence-electron chi connectivity index (χ1n) is 6.99. The van der Waals surface area contributed by atoms with E-state index < -0.39 is 4.92 Å². The second kappa shape index (κ2) is 5.85. The first kappa shape index (κ1) is 15.8. The molecule has 0 unspecified atom stereocenters. The fraction of sp³-hybridized carbons (Fsp3) is 0.133. The Balaban J connectivity index is 2.01. The summed E-state index contributed by atoms with van der Waals surface area (Å²) in [4.78, 5) is 24.6. The van der Waals surface area contributed by atoms with Crippen molar-refractivity contribution in [2.24, 2.45) is 7.05 Å². The Morgan fingerprint density at radius 1 is 1.38 bits per heavy atom. The molecule has 1 aromatic heterocycles. The summed E-state index contributed by atoms with van der Waals surface area (Å²) in [5.74, 6) is -0.380. The molecule has 2 heterocycles. The van der Waals surface area contributed by atoms with Gasteiger partial charge in [0.2, 0.25) is 0 Å². The van der Waals surface area contributed by atoms with Crippen LogP contribution in [0.2, 0.25) is 0 Å². The van der Waals surface area contributed by atoms with Crippen molar-refractivity contribution in [2.75, 3.05) is 4.90 Å². The molecule has 24 heavy (non-hydrogen) atoms. The number of benzene rings is 1.